The molecule has 0 saturated heterocycles. The van der Waals surface area contributed by atoms with E-state index in [-0.39, 0.29) is 17.3 Å². The molecule has 0 heterocycles. The van der Waals surface area contributed by atoms with Gasteiger partial charge < -0.3 is 10.5 Å². The molecular formula is C10H10ClN3O3. The molecule has 0 radical (unpaired) electrons. The fraction of sp³-hybridized carbons (Fsp3) is 0.300. The van der Waals surface area contributed by atoms with Crippen LogP contribution in [0.3, 0.4) is 0 Å². The number of nitriles is 1. The van der Waals surface area contributed by atoms with E-state index in [1.54, 1.807) is 0 Å². The van der Waals surface area contributed by atoms with E-state index in [4.69, 9.17) is 27.3 Å². The Labute approximate surface area is 103 Å². The smallest absolute Gasteiger partial charge is 0.288 e. The zero-order valence-electron chi connectivity index (χ0n) is 8.80. The van der Waals surface area contributed by atoms with Crippen LogP contribution in [0.4, 0.5) is 5.69 Å². The van der Waals surface area contributed by atoms with E-state index in [1.165, 1.54) is 18.2 Å². The summed E-state index contributed by atoms with van der Waals surface area (Å²) in [6.45, 7) is 0.253. The maximum absolute atomic E-state index is 10.5. The normalized spacial score (nSPS) is 11.6. The average molecular weight is 256 g/mol. The highest BCUT2D eigenvalue weighted by Gasteiger charge is 2.12. The van der Waals surface area contributed by atoms with Crippen molar-refractivity contribution < 1.29 is 9.66 Å². The standard InChI is InChI=1S/C10H10ClN3O3/c11-9-5-8(1-2-10(9)14(15)16)17-4-3-7(13)6-12/h1-2,5,7H,3-4,13H2. The van der Waals surface area contributed by atoms with Gasteiger partial charge in [-0.15, -0.1) is 0 Å². The molecule has 7 heteroatoms. The Morgan fingerprint density at radius 2 is 2.35 bits per heavy atom. The summed E-state index contributed by atoms with van der Waals surface area (Å²) < 4.78 is 5.26. The second-order valence-corrected chi connectivity index (χ2v) is 3.65. The van der Waals surface area contributed by atoms with Crippen LogP contribution >= 0.6 is 11.6 Å². The summed E-state index contributed by atoms with van der Waals surface area (Å²) in [5.41, 5.74) is 5.20. The molecule has 0 aliphatic rings. The van der Waals surface area contributed by atoms with Gasteiger partial charge in [0, 0.05) is 18.6 Å². The van der Waals surface area contributed by atoms with Crippen LogP contribution in [0.15, 0.2) is 18.2 Å². The lowest BCUT2D eigenvalue weighted by atomic mass is 10.2. The van der Waals surface area contributed by atoms with Gasteiger partial charge in [-0.25, -0.2) is 0 Å². The molecule has 1 unspecified atom stereocenters. The number of nitrogens with two attached hydrogens (primary N) is 1. The van der Waals surface area contributed by atoms with Crippen molar-refractivity contribution in [2.45, 2.75) is 12.5 Å². The molecule has 0 aliphatic carbocycles. The van der Waals surface area contributed by atoms with Crippen LogP contribution in [0.2, 0.25) is 5.02 Å². The molecule has 6 nitrogen and oxygen atoms in total. The van der Waals surface area contributed by atoms with Crippen molar-refractivity contribution in [3.8, 4) is 11.8 Å². The van der Waals surface area contributed by atoms with Crippen molar-refractivity contribution in [2.24, 2.45) is 5.73 Å². The van der Waals surface area contributed by atoms with E-state index in [0.29, 0.717) is 12.2 Å². The number of benzene rings is 1. The number of nitrogens with zero attached hydrogens (tertiary/aromatic N) is 2. The van der Waals surface area contributed by atoms with E-state index < -0.39 is 11.0 Å². The van der Waals surface area contributed by atoms with E-state index in [2.05, 4.69) is 0 Å². The number of halogens is 1. The third-order valence-corrected chi connectivity index (χ3v) is 2.28. The number of nitro groups is 1. The summed E-state index contributed by atoms with van der Waals surface area (Å²) in [7, 11) is 0. The van der Waals surface area contributed by atoms with Gasteiger partial charge >= 0.3 is 0 Å². The Morgan fingerprint density at radius 1 is 1.65 bits per heavy atom. The predicted molar refractivity (Wildman–Crippen MR) is 61.8 cm³/mol. The first kappa shape index (κ1) is 13.2. The molecule has 0 fully saturated rings. The van der Waals surface area contributed by atoms with E-state index >= 15 is 0 Å². The monoisotopic (exact) mass is 255 g/mol. The van der Waals surface area contributed by atoms with Crippen LogP contribution in [-0.4, -0.2) is 17.6 Å². The molecule has 90 valence electrons. The summed E-state index contributed by atoms with van der Waals surface area (Å²) in [5.74, 6) is 0.408. The lowest BCUT2D eigenvalue weighted by Gasteiger charge is -2.07. The van der Waals surface area contributed by atoms with Crippen LogP contribution in [0.5, 0.6) is 5.75 Å². The zero-order valence-corrected chi connectivity index (χ0v) is 9.55. The third kappa shape index (κ3) is 3.90. The summed E-state index contributed by atoms with van der Waals surface area (Å²) in [6.07, 6.45) is 0.380. The topological polar surface area (TPSA) is 102 Å². The first-order valence-corrected chi connectivity index (χ1v) is 5.14. The average Bonchev–Trinajstić information content (AvgIpc) is 2.28. The second kappa shape index (κ2) is 6.03. The first-order chi connectivity index (χ1) is 8.04. The summed E-state index contributed by atoms with van der Waals surface area (Å²) in [4.78, 5) is 9.93. The SMILES string of the molecule is N#CC(N)CCOc1ccc([N+](=O)[O-])c(Cl)c1. The van der Waals surface area contributed by atoms with Crippen LogP contribution in [0.1, 0.15) is 6.42 Å². The van der Waals surface area contributed by atoms with Crippen molar-refractivity contribution in [3.63, 3.8) is 0 Å². The summed E-state index contributed by atoms with van der Waals surface area (Å²) in [6, 6.07) is 5.36. The highest BCUT2D eigenvalue weighted by molar-refractivity contribution is 6.32. The molecule has 0 saturated carbocycles. The van der Waals surface area contributed by atoms with Crippen molar-refractivity contribution in [1.29, 1.82) is 5.26 Å². The molecule has 1 aromatic carbocycles. The van der Waals surface area contributed by atoms with Gasteiger partial charge in [-0.3, -0.25) is 10.1 Å². The minimum atomic E-state index is -0.580. The van der Waals surface area contributed by atoms with Gasteiger partial charge in [-0.2, -0.15) is 5.26 Å². The number of ether oxygens (including phenoxy) is 1. The second-order valence-electron chi connectivity index (χ2n) is 3.24. The quantitative estimate of drug-likeness (QED) is 0.639. The Morgan fingerprint density at radius 3 is 2.88 bits per heavy atom. The fourth-order valence-electron chi connectivity index (χ4n) is 1.09. The number of nitro benzene ring substituents is 1. The molecule has 1 rings (SSSR count). The Bertz CT molecular complexity index is 459. The number of rotatable bonds is 5. The van der Waals surface area contributed by atoms with Gasteiger partial charge in [0.1, 0.15) is 10.8 Å². The molecular weight excluding hydrogens is 246 g/mol. The van der Waals surface area contributed by atoms with E-state index in [0.717, 1.165) is 0 Å². The molecule has 0 amide bonds. The summed E-state index contributed by atoms with van der Waals surface area (Å²) in [5, 5.41) is 19.0. The largest absolute Gasteiger partial charge is 0.493 e. The molecule has 2 N–H and O–H groups in total. The van der Waals surface area contributed by atoms with Crippen molar-refractivity contribution in [2.75, 3.05) is 6.61 Å². The maximum atomic E-state index is 10.5. The predicted octanol–water partition coefficient (Wildman–Crippen LogP) is 1.87. The molecule has 0 bridgehead atoms. The van der Waals surface area contributed by atoms with Crippen LogP contribution < -0.4 is 10.5 Å². The van der Waals surface area contributed by atoms with Gasteiger partial charge in [-0.1, -0.05) is 11.6 Å². The van der Waals surface area contributed by atoms with Gasteiger partial charge in [0.2, 0.25) is 0 Å². The molecule has 1 aromatic rings. The zero-order chi connectivity index (χ0) is 12.8. The number of hydrogen-bond donors (Lipinski definition) is 1. The van der Waals surface area contributed by atoms with E-state index in [1.807, 2.05) is 6.07 Å². The van der Waals surface area contributed by atoms with Crippen molar-refractivity contribution >= 4 is 17.3 Å². The minimum Gasteiger partial charge on any atom is -0.493 e. The molecule has 0 aliphatic heterocycles. The highest BCUT2D eigenvalue weighted by atomic mass is 35.5. The Kier molecular flexibility index (Phi) is 4.69. The van der Waals surface area contributed by atoms with Gasteiger partial charge in [-0.05, 0) is 6.07 Å². The molecule has 1 atom stereocenters. The third-order valence-electron chi connectivity index (χ3n) is 1.98. The van der Waals surface area contributed by atoms with Crippen molar-refractivity contribution in [1.82, 2.24) is 0 Å². The highest BCUT2D eigenvalue weighted by Crippen LogP contribution is 2.28. The molecule has 0 aromatic heterocycles. The first-order valence-electron chi connectivity index (χ1n) is 4.76. The Hall–Kier alpha value is -1.84. The number of hydrogen-bond acceptors (Lipinski definition) is 5. The van der Waals surface area contributed by atoms with Crippen LogP contribution in [0, 0.1) is 21.4 Å². The van der Waals surface area contributed by atoms with Crippen LogP contribution in [-0.2, 0) is 0 Å². The fourth-order valence-corrected chi connectivity index (χ4v) is 1.33. The van der Waals surface area contributed by atoms with E-state index in [9.17, 15) is 10.1 Å². The van der Waals surface area contributed by atoms with Crippen molar-refractivity contribution in [3.05, 3.63) is 33.3 Å². The van der Waals surface area contributed by atoms with Crippen LogP contribution in [0.25, 0.3) is 0 Å². The Balaban J connectivity index is 2.60. The summed E-state index contributed by atoms with van der Waals surface area (Å²) >= 11 is 5.69. The maximum Gasteiger partial charge on any atom is 0.288 e. The molecule has 17 heavy (non-hydrogen) atoms. The molecule has 0 spiro atoms. The van der Waals surface area contributed by atoms with Gasteiger partial charge in [0.05, 0.1) is 23.6 Å². The van der Waals surface area contributed by atoms with Gasteiger partial charge in [0.15, 0.2) is 0 Å². The lowest BCUT2D eigenvalue weighted by Crippen LogP contribution is -2.20. The lowest BCUT2D eigenvalue weighted by molar-refractivity contribution is -0.384. The van der Waals surface area contributed by atoms with Gasteiger partial charge in [0.25, 0.3) is 5.69 Å². The minimum absolute atomic E-state index is 0.0112.